The van der Waals surface area contributed by atoms with E-state index in [9.17, 15) is 82.1 Å². The molecule has 5 aromatic rings. The van der Waals surface area contributed by atoms with E-state index in [4.69, 9.17) is 16.2 Å². The van der Waals surface area contributed by atoms with Gasteiger partial charge in [0.15, 0.2) is 0 Å². The fourth-order valence-corrected chi connectivity index (χ4v) is 14.0. The normalized spacial score (nSPS) is 22.6. The Hall–Kier alpha value is -11.7. The molecule has 10 atom stereocenters. The zero-order chi connectivity index (χ0) is 84.5. The molecule has 0 bridgehead atoms. The van der Waals surface area contributed by atoms with Gasteiger partial charge in [0, 0.05) is 78.4 Å². The number of amides is 14. The monoisotopic (exact) mass is 1620 g/mol. The highest BCUT2D eigenvalue weighted by atomic mass is 16.5. The van der Waals surface area contributed by atoms with Crippen LogP contribution in [0.1, 0.15) is 168 Å². The van der Waals surface area contributed by atoms with E-state index in [1.807, 2.05) is 0 Å². The molecular formula is C79H115N19O18. The van der Waals surface area contributed by atoms with Crippen molar-refractivity contribution in [3.8, 4) is 5.75 Å². The molecule has 7 rings (SSSR count). The van der Waals surface area contributed by atoms with E-state index >= 15 is 0 Å². The van der Waals surface area contributed by atoms with Gasteiger partial charge in [-0.2, -0.15) is 0 Å². The molecule has 2 saturated heterocycles. The molecule has 0 spiro atoms. The van der Waals surface area contributed by atoms with Gasteiger partial charge >= 0.3 is 18.0 Å². The Bertz CT molecular complexity index is 4200. The maximum absolute atomic E-state index is 14.8. The Balaban J connectivity index is 1.22. The number of benzene rings is 2. The van der Waals surface area contributed by atoms with Crippen molar-refractivity contribution in [2.75, 3.05) is 39.3 Å². The molecule has 116 heavy (non-hydrogen) atoms. The van der Waals surface area contributed by atoms with E-state index < -0.39 is 194 Å². The minimum Gasteiger partial charge on any atom is -0.508 e. The molecule has 634 valence electrons. The number of hydrogen-bond acceptors (Lipinski definition) is 19. The van der Waals surface area contributed by atoms with Crippen LogP contribution in [0, 0.1) is 17.8 Å². The lowest BCUT2D eigenvalue weighted by Gasteiger charge is -2.32. The van der Waals surface area contributed by atoms with Crippen LogP contribution in [0.5, 0.6) is 5.75 Å². The van der Waals surface area contributed by atoms with Crippen LogP contribution >= 0.6 is 0 Å². The molecule has 2 fully saturated rings. The number of nitrogens with zero attached hydrogens (tertiary/aromatic N) is 2. The van der Waals surface area contributed by atoms with Crippen molar-refractivity contribution in [2.45, 2.75) is 230 Å². The van der Waals surface area contributed by atoms with Crippen LogP contribution in [-0.4, -0.2) is 224 Å². The van der Waals surface area contributed by atoms with Crippen molar-refractivity contribution in [1.29, 1.82) is 0 Å². The van der Waals surface area contributed by atoms with Gasteiger partial charge in [-0.05, 0) is 111 Å². The lowest BCUT2D eigenvalue weighted by atomic mass is 10.0. The van der Waals surface area contributed by atoms with Crippen LogP contribution in [0.15, 0.2) is 67.4 Å². The highest BCUT2D eigenvalue weighted by molar-refractivity contribution is 6.00. The standard InChI is InChI=1S/C79H115N19O18/c1-44(2)19-12-10-8-7-9-11-13-20-51-35-63(100)90-56(23-16-28-80)72(108)94-60(33-49-39-82-43-89-49)74(110)97-69(46(5)6)77(113)98-30-18-25-62(98)75(111)88-41-64(101)91-57(24-17-29-83-79(81)115)73(109)93-59(32-48-38-85-55-27-26-50(99)34-53(48)55)71(107)86-40-65(102)92-58(31-47-37-84-54-22-15-14-21-52(47)54)70(106)87-42-66(103)96-68(45(3)4)76(112)95-61(36-67(104)105)78(114)116-51/h14-15,21-22,26-27,34,37-39,43-46,51,56-62,68-69,84-85,99H,7-13,16-20,23-25,28-33,35-36,40-42,80H2,1-6H3,(H,82,89)(H,86,107)(H,87,106)(H,88,111)(H,90,100)(H,91,101)(H,92,102)(H,93,109)(H,94,108)(H,95,112)(H,96,103)(H,97,110)(H,104,105)(H3,81,83,115)/t51?,56-,57-,58-,59-,60-,61-,62-,68-,69-/m0/s1. The summed E-state index contributed by atoms with van der Waals surface area (Å²) in [5.74, 6) is -14.4. The average Bonchev–Trinajstić information content (AvgIpc) is 1.69. The number of phenols is 1. The molecule has 21 N–H and O–H groups in total. The molecule has 0 saturated carbocycles. The van der Waals surface area contributed by atoms with Gasteiger partial charge in [0.1, 0.15) is 66.2 Å². The van der Waals surface area contributed by atoms with Crippen LogP contribution in [-0.2, 0) is 91.1 Å². The minimum atomic E-state index is -1.90. The summed E-state index contributed by atoms with van der Waals surface area (Å²) in [6, 6.07) is -2.68. The van der Waals surface area contributed by atoms with Crippen molar-refractivity contribution in [1.82, 2.24) is 88.6 Å². The number of carboxylic acids is 1. The van der Waals surface area contributed by atoms with Gasteiger partial charge in [-0.3, -0.25) is 62.3 Å². The molecule has 5 heterocycles. The Kier molecular flexibility index (Phi) is 36.3. The van der Waals surface area contributed by atoms with Crippen molar-refractivity contribution in [3.05, 3.63) is 84.2 Å². The number of nitrogens with one attached hydrogen (secondary N) is 15. The number of carbonyl (C=O) groups is 15. The summed E-state index contributed by atoms with van der Waals surface area (Å²) in [6.45, 7) is 8.35. The number of unbranched alkanes of at least 4 members (excludes halogenated alkanes) is 6. The van der Waals surface area contributed by atoms with Crippen LogP contribution in [0.2, 0.25) is 0 Å². The van der Waals surface area contributed by atoms with Crippen molar-refractivity contribution < 1.29 is 86.9 Å². The number of urea groups is 1. The number of carboxylic acid groups (broad SMARTS) is 1. The Morgan fingerprint density at radius 2 is 1.10 bits per heavy atom. The smallest absolute Gasteiger partial charge is 0.329 e. The number of nitrogens with two attached hydrogens (primary N) is 2. The summed E-state index contributed by atoms with van der Waals surface area (Å²) in [4.78, 5) is 226. The quantitative estimate of drug-likeness (QED) is 0.0255. The zero-order valence-corrected chi connectivity index (χ0v) is 66.7. The van der Waals surface area contributed by atoms with Gasteiger partial charge in [-0.15, -0.1) is 0 Å². The Labute approximate surface area is 672 Å². The predicted octanol–water partition coefficient (Wildman–Crippen LogP) is 0.780. The summed E-state index contributed by atoms with van der Waals surface area (Å²) in [5.41, 5.74) is 13.8. The van der Waals surface area contributed by atoms with Gasteiger partial charge < -0.3 is 110 Å². The number of primary amides is 1. The first kappa shape index (κ1) is 91.5. The number of aromatic amines is 3. The molecular weight excluding hydrogens is 1500 g/mol. The molecule has 3 aromatic heterocycles. The van der Waals surface area contributed by atoms with Gasteiger partial charge in [0.05, 0.1) is 38.8 Å². The molecule has 0 aliphatic carbocycles. The Morgan fingerprint density at radius 3 is 1.71 bits per heavy atom. The van der Waals surface area contributed by atoms with Crippen molar-refractivity contribution in [2.24, 2.45) is 29.2 Å². The number of cyclic esters (lactones) is 1. The lowest BCUT2D eigenvalue weighted by Crippen LogP contribution is -2.60. The number of aliphatic carboxylic acids is 1. The molecule has 37 nitrogen and oxygen atoms in total. The maximum atomic E-state index is 14.8. The highest BCUT2D eigenvalue weighted by Gasteiger charge is 2.41. The minimum absolute atomic E-state index is 0.0199. The number of para-hydroxylation sites is 1. The number of rotatable bonds is 27. The number of imidazole rings is 1. The van der Waals surface area contributed by atoms with Gasteiger partial charge in [0.2, 0.25) is 70.9 Å². The number of aromatic hydroxyl groups is 1. The zero-order valence-electron chi connectivity index (χ0n) is 66.7. The number of ether oxygens (including phenoxy) is 1. The molecule has 1 unspecified atom stereocenters. The summed E-state index contributed by atoms with van der Waals surface area (Å²) in [7, 11) is 0. The molecule has 37 heteroatoms. The molecule has 2 aliphatic rings. The number of hydrogen-bond donors (Lipinski definition) is 19. The van der Waals surface area contributed by atoms with Crippen LogP contribution in [0.4, 0.5) is 4.79 Å². The third-order valence-corrected chi connectivity index (χ3v) is 20.2. The lowest BCUT2D eigenvalue weighted by molar-refractivity contribution is -0.157. The van der Waals surface area contributed by atoms with Gasteiger partial charge in [0.25, 0.3) is 0 Å². The third-order valence-electron chi connectivity index (χ3n) is 20.2. The molecule has 2 aliphatic heterocycles. The molecule has 14 amide bonds. The van der Waals surface area contributed by atoms with Gasteiger partial charge in [-0.25, -0.2) is 14.6 Å². The average molecular weight is 1620 g/mol. The topological polar surface area (TPSA) is 566 Å². The highest BCUT2D eigenvalue weighted by Crippen LogP contribution is 2.26. The largest absolute Gasteiger partial charge is 0.508 e. The first-order valence-corrected chi connectivity index (χ1v) is 39.9. The van der Waals surface area contributed by atoms with Crippen molar-refractivity contribution in [3.63, 3.8) is 0 Å². The number of fused-ring (bicyclic) bond motifs is 3. The second-order valence-corrected chi connectivity index (χ2v) is 30.7. The SMILES string of the molecule is CC(C)CCCCCCCCCC1CC(=O)N[C@@H](CCCN)C(=O)N[C@@H](Cc2cnc[nH]2)C(=O)N[C@@H](C(C)C)C(=O)N2CCC[C@H]2C(=O)NCC(=O)N[C@@H](CCCNC(N)=O)C(=O)N[C@@H](Cc2c[nH]c3ccc(O)cc23)C(=O)NCC(=O)N[C@@H](Cc2c[nH]c3ccccc23)C(=O)NCC(=O)N[C@@H](C(C)C)C(=O)N[C@@H](CC(=O)O)C(=O)O1. The molecule has 0 radical (unpaired) electrons. The van der Waals surface area contributed by atoms with E-state index in [1.165, 1.54) is 35.8 Å². The summed E-state index contributed by atoms with van der Waals surface area (Å²) >= 11 is 0. The second-order valence-electron chi connectivity index (χ2n) is 30.7. The van der Waals surface area contributed by atoms with Crippen LogP contribution in [0.3, 0.4) is 0 Å². The van der Waals surface area contributed by atoms with E-state index in [1.54, 1.807) is 64.2 Å². The summed E-state index contributed by atoms with van der Waals surface area (Å²) in [6.07, 6.45) is 9.79. The van der Waals surface area contributed by atoms with E-state index in [0.717, 1.165) is 38.5 Å². The van der Waals surface area contributed by atoms with E-state index in [2.05, 4.69) is 97.6 Å². The number of phenolic OH excluding ortho intramolecular Hbond substituents is 1. The van der Waals surface area contributed by atoms with Crippen LogP contribution in [0.25, 0.3) is 21.8 Å². The van der Waals surface area contributed by atoms with Crippen molar-refractivity contribution >= 4 is 111 Å². The predicted molar refractivity (Wildman–Crippen MR) is 425 cm³/mol. The first-order valence-electron chi connectivity index (χ1n) is 39.9. The van der Waals surface area contributed by atoms with Crippen LogP contribution < -0.4 is 75.3 Å². The maximum Gasteiger partial charge on any atom is 0.329 e. The fraction of sp³-hybridized carbons (Fsp3) is 0.570. The fourth-order valence-electron chi connectivity index (χ4n) is 14.0. The van der Waals surface area contributed by atoms with Gasteiger partial charge in [-0.1, -0.05) is 105 Å². The number of carbonyl (C=O) groups excluding carboxylic acids is 14. The number of esters is 1. The third kappa shape index (κ3) is 29.3. The number of aromatic nitrogens is 4. The van der Waals surface area contributed by atoms with E-state index in [-0.39, 0.29) is 83.2 Å². The number of H-pyrrole nitrogens is 3. The molecule has 2 aromatic carbocycles. The summed E-state index contributed by atoms with van der Waals surface area (Å²) < 4.78 is 5.95. The summed E-state index contributed by atoms with van der Waals surface area (Å²) in [5, 5.41) is 52.7. The second kappa shape index (κ2) is 46.0. The first-order chi connectivity index (χ1) is 55.4. The van der Waals surface area contributed by atoms with E-state index in [0.29, 0.717) is 63.8 Å². The Morgan fingerprint density at radius 1 is 0.560 bits per heavy atom.